The Hall–Kier alpha value is -1.06. The predicted molar refractivity (Wildman–Crippen MR) is 82.3 cm³/mol. The molecule has 1 atom stereocenters. The van der Waals surface area contributed by atoms with E-state index in [0.29, 0.717) is 11.6 Å². The predicted octanol–water partition coefficient (Wildman–Crippen LogP) is 2.76. The van der Waals surface area contributed by atoms with Gasteiger partial charge in [-0.3, -0.25) is 0 Å². The molecular formula is C17H26N2O. The zero-order valence-corrected chi connectivity index (χ0v) is 12.9. The number of hydrogen-bond donors (Lipinski definition) is 1. The molecule has 110 valence electrons. The Labute approximate surface area is 122 Å². The lowest BCUT2D eigenvalue weighted by Gasteiger charge is -2.48. The third-order valence-electron chi connectivity index (χ3n) is 5.34. The van der Waals surface area contributed by atoms with Crippen molar-refractivity contribution in [2.45, 2.75) is 43.7 Å². The van der Waals surface area contributed by atoms with Crippen molar-refractivity contribution < 1.29 is 4.74 Å². The van der Waals surface area contributed by atoms with E-state index in [4.69, 9.17) is 4.74 Å². The van der Waals surface area contributed by atoms with Gasteiger partial charge in [0.2, 0.25) is 0 Å². The van der Waals surface area contributed by atoms with Crippen LogP contribution in [0.2, 0.25) is 0 Å². The third kappa shape index (κ3) is 2.33. The summed E-state index contributed by atoms with van der Waals surface area (Å²) in [5.41, 5.74) is 3.31. The van der Waals surface area contributed by atoms with Crippen LogP contribution in [0.15, 0.2) is 18.2 Å². The van der Waals surface area contributed by atoms with Crippen LogP contribution in [0.3, 0.4) is 0 Å². The van der Waals surface area contributed by atoms with Gasteiger partial charge in [0.25, 0.3) is 0 Å². The number of nitrogens with one attached hydrogen (secondary N) is 1. The molecule has 0 spiro atoms. The molecule has 20 heavy (non-hydrogen) atoms. The highest BCUT2D eigenvalue weighted by Gasteiger charge is 2.39. The average molecular weight is 274 g/mol. The average Bonchev–Trinajstić information content (AvgIpc) is 2.79. The maximum absolute atomic E-state index is 5.37. The van der Waals surface area contributed by atoms with Gasteiger partial charge in [-0.05, 0) is 69.5 Å². The number of rotatable bonds is 5. The maximum Gasteiger partial charge on any atom is 0.119 e. The minimum Gasteiger partial charge on any atom is -0.497 e. The molecule has 2 aliphatic carbocycles. The highest BCUT2D eigenvalue weighted by atomic mass is 16.5. The van der Waals surface area contributed by atoms with E-state index in [-0.39, 0.29) is 0 Å². The standard InChI is InChI=1S/C17H26N2O/c1-19(2)17(9-4-10-17)12-18-16-8-6-13-5-7-14(20-3)11-15(13)16/h5,7,11,16,18H,4,6,8-10,12H2,1-3H3. The summed E-state index contributed by atoms with van der Waals surface area (Å²) in [5, 5.41) is 3.82. The van der Waals surface area contributed by atoms with Crippen molar-refractivity contribution in [3.8, 4) is 5.75 Å². The van der Waals surface area contributed by atoms with E-state index in [9.17, 15) is 0 Å². The van der Waals surface area contributed by atoms with E-state index in [1.54, 1.807) is 7.11 Å². The van der Waals surface area contributed by atoms with Crippen LogP contribution in [-0.2, 0) is 6.42 Å². The fraction of sp³-hybridized carbons (Fsp3) is 0.647. The second-order valence-corrected chi connectivity index (χ2v) is 6.51. The molecule has 3 nitrogen and oxygen atoms in total. The summed E-state index contributed by atoms with van der Waals surface area (Å²) in [6, 6.07) is 7.01. The molecule has 3 heteroatoms. The molecule has 0 saturated heterocycles. The Balaban J connectivity index is 1.69. The van der Waals surface area contributed by atoms with Crippen molar-refractivity contribution >= 4 is 0 Å². The van der Waals surface area contributed by atoms with Crippen molar-refractivity contribution in [1.82, 2.24) is 10.2 Å². The van der Waals surface area contributed by atoms with Crippen LogP contribution in [-0.4, -0.2) is 38.2 Å². The van der Waals surface area contributed by atoms with Gasteiger partial charge in [0.1, 0.15) is 5.75 Å². The van der Waals surface area contributed by atoms with Gasteiger partial charge in [-0.2, -0.15) is 0 Å². The quantitative estimate of drug-likeness (QED) is 0.893. The largest absolute Gasteiger partial charge is 0.497 e. The third-order valence-corrected chi connectivity index (χ3v) is 5.34. The molecular weight excluding hydrogens is 248 g/mol. The van der Waals surface area contributed by atoms with Crippen molar-refractivity contribution in [2.24, 2.45) is 0 Å². The highest BCUT2D eigenvalue weighted by molar-refractivity contribution is 5.40. The van der Waals surface area contributed by atoms with Crippen LogP contribution in [0.4, 0.5) is 0 Å². The Kier molecular flexibility index (Phi) is 3.74. The molecule has 0 bridgehead atoms. The van der Waals surface area contributed by atoms with E-state index in [1.165, 1.54) is 43.2 Å². The molecule has 1 unspecified atom stereocenters. The molecule has 1 aromatic carbocycles. The van der Waals surface area contributed by atoms with Crippen molar-refractivity contribution in [1.29, 1.82) is 0 Å². The summed E-state index contributed by atoms with van der Waals surface area (Å²) in [6.45, 7) is 1.10. The molecule has 3 rings (SSSR count). The van der Waals surface area contributed by atoms with Crippen molar-refractivity contribution in [2.75, 3.05) is 27.7 Å². The Morgan fingerprint density at radius 1 is 1.35 bits per heavy atom. The zero-order chi connectivity index (χ0) is 14.2. The number of nitrogens with zero attached hydrogens (tertiary/aromatic N) is 1. The first-order valence-corrected chi connectivity index (χ1v) is 7.72. The summed E-state index contributed by atoms with van der Waals surface area (Å²) in [6.07, 6.45) is 6.42. The van der Waals surface area contributed by atoms with Crippen molar-refractivity contribution in [3.05, 3.63) is 29.3 Å². The minimum absolute atomic E-state index is 0.390. The fourth-order valence-corrected chi connectivity index (χ4v) is 3.60. The molecule has 2 aliphatic rings. The zero-order valence-electron chi connectivity index (χ0n) is 12.9. The first kappa shape index (κ1) is 13.9. The van der Waals surface area contributed by atoms with Crippen LogP contribution < -0.4 is 10.1 Å². The summed E-state index contributed by atoms with van der Waals surface area (Å²) in [4.78, 5) is 2.41. The lowest BCUT2D eigenvalue weighted by molar-refractivity contribution is 0.0571. The Bertz CT molecular complexity index is 480. The monoisotopic (exact) mass is 274 g/mol. The van der Waals surface area contributed by atoms with Gasteiger partial charge in [0.05, 0.1) is 7.11 Å². The molecule has 0 amide bonds. The fourth-order valence-electron chi connectivity index (χ4n) is 3.60. The van der Waals surface area contributed by atoms with E-state index >= 15 is 0 Å². The molecule has 0 aliphatic heterocycles. The van der Waals surface area contributed by atoms with E-state index < -0.39 is 0 Å². The molecule has 0 heterocycles. The Morgan fingerprint density at radius 3 is 2.75 bits per heavy atom. The van der Waals surface area contributed by atoms with E-state index in [1.807, 2.05) is 0 Å². The lowest BCUT2D eigenvalue weighted by atomic mass is 9.75. The smallest absolute Gasteiger partial charge is 0.119 e. The van der Waals surface area contributed by atoms with E-state index in [2.05, 4.69) is 42.5 Å². The molecule has 1 saturated carbocycles. The van der Waals surface area contributed by atoms with Crippen LogP contribution in [0.1, 0.15) is 42.9 Å². The van der Waals surface area contributed by atoms with Gasteiger partial charge < -0.3 is 15.0 Å². The topological polar surface area (TPSA) is 24.5 Å². The number of ether oxygens (including phenoxy) is 1. The van der Waals surface area contributed by atoms with Gasteiger partial charge in [-0.1, -0.05) is 6.07 Å². The van der Waals surface area contributed by atoms with Gasteiger partial charge in [0.15, 0.2) is 0 Å². The molecule has 0 aromatic heterocycles. The normalized spacial score (nSPS) is 23.5. The van der Waals surface area contributed by atoms with Crippen molar-refractivity contribution in [3.63, 3.8) is 0 Å². The second-order valence-electron chi connectivity index (χ2n) is 6.51. The van der Waals surface area contributed by atoms with E-state index in [0.717, 1.165) is 12.3 Å². The summed E-state index contributed by atoms with van der Waals surface area (Å²) >= 11 is 0. The second kappa shape index (κ2) is 5.38. The van der Waals surface area contributed by atoms with Gasteiger partial charge in [-0.15, -0.1) is 0 Å². The molecule has 1 fully saturated rings. The summed E-state index contributed by atoms with van der Waals surface area (Å²) in [7, 11) is 6.17. The highest BCUT2D eigenvalue weighted by Crippen LogP contribution is 2.38. The Morgan fingerprint density at radius 2 is 2.15 bits per heavy atom. The summed E-state index contributed by atoms with van der Waals surface area (Å²) in [5.74, 6) is 0.975. The first-order chi connectivity index (χ1) is 9.64. The molecule has 0 radical (unpaired) electrons. The van der Waals surface area contributed by atoms with Crippen LogP contribution >= 0.6 is 0 Å². The summed E-state index contributed by atoms with van der Waals surface area (Å²) < 4.78 is 5.37. The lowest BCUT2D eigenvalue weighted by Crippen LogP contribution is -2.56. The number of methoxy groups -OCH3 is 1. The minimum atomic E-state index is 0.390. The number of fused-ring (bicyclic) bond motifs is 1. The molecule has 1 N–H and O–H groups in total. The molecule has 1 aromatic rings. The van der Waals surface area contributed by atoms with Gasteiger partial charge in [0, 0.05) is 18.1 Å². The van der Waals surface area contributed by atoms with Crippen LogP contribution in [0, 0.1) is 0 Å². The van der Waals surface area contributed by atoms with Gasteiger partial charge >= 0.3 is 0 Å². The number of likely N-dealkylation sites (N-methyl/N-ethyl adjacent to an activating group) is 1. The number of benzene rings is 1. The SMILES string of the molecule is COc1ccc2c(c1)C(NCC1(N(C)C)CCC1)CC2. The maximum atomic E-state index is 5.37. The van der Waals surface area contributed by atoms with Crippen LogP contribution in [0.5, 0.6) is 5.75 Å². The van der Waals surface area contributed by atoms with Gasteiger partial charge in [-0.25, -0.2) is 0 Å². The van der Waals surface area contributed by atoms with Crippen LogP contribution in [0.25, 0.3) is 0 Å². The number of hydrogen-bond acceptors (Lipinski definition) is 3. The number of aryl methyl sites for hydroxylation is 1. The first-order valence-electron chi connectivity index (χ1n) is 7.72.